The van der Waals surface area contributed by atoms with Crippen LogP contribution in [0.4, 0.5) is 13.2 Å². The minimum Gasteiger partial charge on any atom is -0.463 e. The van der Waals surface area contributed by atoms with Crippen LogP contribution >= 0.6 is 34.8 Å². The maximum absolute atomic E-state index is 13.5. The Morgan fingerprint density at radius 3 is 2.11 bits per heavy atom. The molecule has 0 aliphatic carbocycles. The number of esters is 3. The zero-order chi connectivity index (χ0) is 28.8. The van der Waals surface area contributed by atoms with Crippen LogP contribution in [0.5, 0.6) is 0 Å². The lowest BCUT2D eigenvalue weighted by Crippen LogP contribution is -2.61. The number of hydrogen-bond donors (Lipinski definition) is 1. The van der Waals surface area contributed by atoms with Crippen LogP contribution in [0.3, 0.4) is 0 Å². The van der Waals surface area contributed by atoms with E-state index in [1.807, 2.05) is 0 Å². The van der Waals surface area contributed by atoms with Crippen LogP contribution in [0.2, 0.25) is 0 Å². The van der Waals surface area contributed by atoms with Crippen molar-refractivity contribution in [1.82, 2.24) is 0 Å². The van der Waals surface area contributed by atoms with E-state index < -0.39 is 76.6 Å². The van der Waals surface area contributed by atoms with Crippen molar-refractivity contribution in [1.29, 1.82) is 5.41 Å². The van der Waals surface area contributed by atoms with Gasteiger partial charge in [-0.2, -0.15) is 13.2 Å². The molecule has 0 bridgehead atoms. The molecule has 1 heterocycles. The second-order valence-corrected chi connectivity index (χ2v) is 10.1. The Balaban J connectivity index is 2.63. The quantitative estimate of drug-likeness (QED) is 0.162. The molecule has 38 heavy (non-hydrogen) atoms. The number of carbonyl (C=O) groups excluding carboxylic acids is 3. The van der Waals surface area contributed by atoms with Crippen molar-refractivity contribution in [3.63, 3.8) is 0 Å². The summed E-state index contributed by atoms with van der Waals surface area (Å²) in [5.41, 5.74) is -1.40. The van der Waals surface area contributed by atoms with E-state index >= 15 is 0 Å². The molecule has 1 saturated heterocycles. The van der Waals surface area contributed by atoms with Crippen LogP contribution in [0.25, 0.3) is 0 Å². The molecule has 1 aliphatic heterocycles. The van der Waals surface area contributed by atoms with Gasteiger partial charge in [0.2, 0.25) is 12.2 Å². The summed E-state index contributed by atoms with van der Waals surface area (Å²) in [7, 11) is 0. The minimum atomic E-state index is -4.73. The summed E-state index contributed by atoms with van der Waals surface area (Å²) in [6, 6.07) is 2.90. The molecule has 0 aromatic heterocycles. The normalized spacial score (nSPS) is 24.0. The average Bonchev–Trinajstić information content (AvgIpc) is 2.77. The minimum absolute atomic E-state index is 0.372. The Morgan fingerprint density at radius 2 is 1.58 bits per heavy atom. The van der Waals surface area contributed by atoms with E-state index in [0.29, 0.717) is 0 Å². The maximum Gasteiger partial charge on any atom is 0.417 e. The number of benzene rings is 1. The molecular formula is C22H22Cl3F3N2O8. The molecule has 0 spiro atoms. The SMILES string of the molecule is CC(=O)OC[C@H]1O[C@@H](OC(=N)C(Cl)(Cl)Cl)[C@H](N=Cc2ccccc2C(F)(F)F)[C@@H](OC(C)=O)[C@@H]1OC(C)=O. The lowest BCUT2D eigenvalue weighted by Gasteiger charge is -2.43. The lowest BCUT2D eigenvalue weighted by atomic mass is 9.96. The van der Waals surface area contributed by atoms with Crippen LogP contribution < -0.4 is 0 Å². The third-order valence-electron chi connectivity index (χ3n) is 4.81. The highest BCUT2D eigenvalue weighted by atomic mass is 35.6. The van der Waals surface area contributed by atoms with Gasteiger partial charge >= 0.3 is 24.1 Å². The number of aliphatic imine (C=N–C) groups is 1. The van der Waals surface area contributed by atoms with Gasteiger partial charge in [0.05, 0.1) is 5.56 Å². The first-order valence-corrected chi connectivity index (χ1v) is 11.8. The molecule has 0 radical (unpaired) electrons. The molecule has 1 fully saturated rings. The molecule has 10 nitrogen and oxygen atoms in total. The predicted octanol–water partition coefficient (Wildman–Crippen LogP) is 4.01. The molecule has 1 N–H and O–H groups in total. The van der Waals surface area contributed by atoms with Crippen molar-refractivity contribution in [2.24, 2.45) is 4.99 Å². The first kappa shape index (κ1) is 31.6. The fraction of sp³-hybridized carbons (Fsp3) is 0.500. The van der Waals surface area contributed by atoms with Crippen LogP contribution in [-0.2, 0) is 44.2 Å². The summed E-state index contributed by atoms with van der Waals surface area (Å²) in [5.74, 6) is -3.47. The third-order valence-corrected chi connectivity index (χ3v) is 5.33. The van der Waals surface area contributed by atoms with Gasteiger partial charge in [0.25, 0.3) is 3.79 Å². The zero-order valence-corrected chi connectivity index (χ0v) is 22.2. The molecule has 0 saturated carbocycles. The van der Waals surface area contributed by atoms with Gasteiger partial charge in [-0.1, -0.05) is 53.0 Å². The standard InChI is InChI=1S/C22H22Cl3F3N2O8/c1-10(31)34-9-15-17(35-11(2)32)18(36-12(3)33)16(19(37-15)38-20(29)21(23,24)25)30-8-13-6-4-5-7-14(13)22(26,27)28/h4-8,15-19,29H,9H2,1-3H3/t15-,16-,17-,18-,19+/m1/s1. The molecule has 16 heteroatoms. The second kappa shape index (κ2) is 13.0. The topological polar surface area (TPSA) is 134 Å². The smallest absolute Gasteiger partial charge is 0.417 e. The average molecular weight is 606 g/mol. The summed E-state index contributed by atoms with van der Waals surface area (Å²) >= 11 is 17.1. The van der Waals surface area contributed by atoms with Crippen molar-refractivity contribution in [3.05, 3.63) is 35.4 Å². The van der Waals surface area contributed by atoms with Gasteiger partial charge < -0.3 is 23.7 Å². The van der Waals surface area contributed by atoms with E-state index in [-0.39, 0.29) is 5.56 Å². The number of alkyl halides is 6. The van der Waals surface area contributed by atoms with Gasteiger partial charge in [0.1, 0.15) is 12.7 Å². The van der Waals surface area contributed by atoms with E-state index in [0.717, 1.165) is 39.1 Å². The lowest BCUT2D eigenvalue weighted by molar-refractivity contribution is -0.256. The van der Waals surface area contributed by atoms with Crippen LogP contribution in [0, 0.1) is 5.41 Å². The van der Waals surface area contributed by atoms with Crippen LogP contribution in [0.1, 0.15) is 31.9 Å². The summed E-state index contributed by atoms with van der Waals surface area (Å²) in [4.78, 5) is 39.3. The fourth-order valence-electron chi connectivity index (χ4n) is 3.36. The Hall–Kier alpha value is -2.61. The number of hydrogen-bond acceptors (Lipinski definition) is 10. The van der Waals surface area contributed by atoms with Crippen molar-refractivity contribution >= 4 is 64.8 Å². The van der Waals surface area contributed by atoms with Gasteiger partial charge in [-0.3, -0.25) is 24.8 Å². The van der Waals surface area contributed by atoms with Crippen molar-refractivity contribution in [2.75, 3.05) is 6.61 Å². The molecule has 5 atom stereocenters. The number of ether oxygens (including phenoxy) is 5. The van der Waals surface area contributed by atoms with Crippen LogP contribution in [0.15, 0.2) is 29.3 Å². The summed E-state index contributed by atoms with van der Waals surface area (Å²) in [6.45, 7) is 2.59. The monoisotopic (exact) mass is 604 g/mol. The second-order valence-electron chi connectivity index (χ2n) is 7.79. The maximum atomic E-state index is 13.5. The molecule has 1 aromatic carbocycles. The summed E-state index contributed by atoms with van der Waals surface area (Å²) < 4.78 is 64.6. The van der Waals surface area contributed by atoms with E-state index in [2.05, 4.69) is 4.99 Å². The first-order chi connectivity index (χ1) is 17.5. The Labute approximate surface area is 229 Å². The summed E-state index contributed by atoms with van der Waals surface area (Å²) in [6.07, 6.45) is -10.0. The molecule has 0 amide bonds. The molecule has 0 unspecified atom stereocenters. The molecule has 2 rings (SSSR count). The molecule has 210 valence electrons. The Kier molecular flexibility index (Phi) is 10.8. The summed E-state index contributed by atoms with van der Waals surface area (Å²) in [5, 5.41) is 7.91. The number of carbonyl (C=O) groups is 3. The van der Waals surface area contributed by atoms with Crippen molar-refractivity contribution in [2.45, 2.75) is 61.4 Å². The molecular weight excluding hydrogens is 584 g/mol. The van der Waals surface area contributed by atoms with Gasteiger partial charge in [0, 0.05) is 32.5 Å². The van der Waals surface area contributed by atoms with E-state index in [9.17, 15) is 27.6 Å². The zero-order valence-electron chi connectivity index (χ0n) is 20.0. The predicted molar refractivity (Wildman–Crippen MR) is 128 cm³/mol. The largest absolute Gasteiger partial charge is 0.463 e. The number of halogens is 6. The van der Waals surface area contributed by atoms with Gasteiger partial charge in [0.15, 0.2) is 18.2 Å². The van der Waals surface area contributed by atoms with Gasteiger partial charge in [-0.15, -0.1) is 0 Å². The number of nitrogens with zero attached hydrogens (tertiary/aromatic N) is 1. The van der Waals surface area contributed by atoms with Crippen molar-refractivity contribution < 1.29 is 51.2 Å². The third kappa shape index (κ3) is 9.00. The van der Waals surface area contributed by atoms with Crippen LogP contribution in [-0.4, -0.2) is 71.1 Å². The highest BCUT2D eigenvalue weighted by molar-refractivity contribution is 6.76. The van der Waals surface area contributed by atoms with E-state index in [1.165, 1.54) is 12.1 Å². The van der Waals surface area contributed by atoms with Gasteiger partial charge in [-0.05, 0) is 6.07 Å². The van der Waals surface area contributed by atoms with Gasteiger partial charge in [-0.25, -0.2) is 0 Å². The first-order valence-electron chi connectivity index (χ1n) is 10.7. The molecule has 1 aliphatic rings. The number of rotatable bonds is 7. The van der Waals surface area contributed by atoms with E-state index in [1.54, 1.807) is 0 Å². The molecule has 1 aromatic rings. The highest BCUT2D eigenvalue weighted by Gasteiger charge is 2.52. The fourth-order valence-corrected chi connectivity index (χ4v) is 3.49. The van der Waals surface area contributed by atoms with E-state index in [4.69, 9.17) is 63.9 Å². The Morgan fingerprint density at radius 1 is 1.00 bits per heavy atom. The van der Waals surface area contributed by atoms with Crippen molar-refractivity contribution in [3.8, 4) is 0 Å². The Bertz CT molecular complexity index is 1080. The highest BCUT2D eigenvalue weighted by Crippen LogP contribution is 2.35. The number of nitrogens with one attached hydrogen (secondary N) is 1.